The van der Waals surface area contributed by atoms with Gasteiger partial charge >= 0.3 is 5.97 Å². The minimum Gasteiger partial charge on any atom is -0.497 e. The van der Waals surface area contributed by atoms with Crippen molar-refractivity contribution in [2.45, 2.75) is 18.9 Å². The number of aryl methyl sites for hydroxylation is 1. The standard InChI is InChI=1S/C34H26N2O6S/c1-40-20-12-15-27(41-2)26(17-20)31-25-14-11-19-7-3-4-8-22(19)30(25)35-34-36(31)32(37)29(43-34)18-21-13-16-28(42-21)23-9-5-6-10-24(23)33(38)39/h3-10,12-13,15-18,31H,11,14H2,1-2H3,(H,38,39)/t31-/m0/s1. The summed E-state index contributed by atoms with van der Waals surface area (Å²) in [5.41, 5.74) is 5.46. The third kappa shape index (κ3) is 4.49. The Morgan fingerprint density at radius 3 is 2.58 bits per heavy atom. The number of allylic oxidation sites excluding steroid dienone is 1. The number of aromatic carboxylic acids is 1. The fourth-order valence-electron chi connectivity index (χ4n) is 5.94. The highest BCUT2D eigenvalue weighted by Gasteiger charge is 2.34. The highest BCUT2D eigenvalue weighted by Crippen LogP contribution is 2.44. The average Bonchev–Trinajstić information content (AvgIpc) is 3.63. The molecule has 8 nitrogen and oxygen atoms in total. The highest BCUT2D eigenvalue weighted by molar-refractivity contribution is 7.07. The number of furan rings is 1. The molecule has 1 aliphatic heterocycles. The van der Waals surface area contributed by atoms with Gasteiger partial charge in [-0.25, -0.2) is 9.79 Å². The number of hydrogen-bond donors (Lipinski definition) is 1. The van der Waals surface area contributed by atoms with Gasteiger partial charge in [-0.3, -0.25) is 9.36 Å². The number of fused-ring (bicyclic) bond motifs is 3. The first-order valence-corrected chi connectivity index (χ1v) is 14.6. The number of aromatic nitrogens is 1. The summed E-state index contributed by atoms with van der Waals surface area (Å²) < 4.78 is 19.6. The zero-order chi connectivity index (χ0) is 29.7. The van der Waals surface area contributed by atoms with Gasteiger partial charge in [-0.2, -0.15) is 0 Å². The van der Waals surface area contributed by atoms with E-state index in [1.165, 1.54) is 23.0 Å². The van der Waals surface area contributed by atoms with Crippen LogP contribution in [0.3, 0.4) is 0 Å². The predicted octanol–water partition coefficient (Wildman–Crippen LogP) is 5.29. The summed E-state index contributed by atoms with van der Waals surface area (Å²) >= 11 is 1.29. The van der Waals surface area contributed by atoms with Crippen LogP contribution in [-0.4, -0.2) is 29.9 Å². The molecule has 1 N–H and O–H groups in total. The summed E-state index contributed by atoms with van der Waals surface area (Å²) in [5.74, 6) is 1.12. The smallest absolute Gasteiger partial charge is 0.336 e. The van der Waals surface area contributed by atoms with Crippen LogP contribution >= 0.6 is 11.3 Å². The van der Waals surface area contributed by atoms with E-state index in [0.29, 0.717) is 37.9 Å². The number of carboxylic acid groups (broad SMARTS) is 1. The Morgan fingerprint density at radius 1 is 1.00 bits per heavy atom. The Morgan fingerprint density at radius 2 is 1.79 bits per heavy atom. The molecule has 1 aliphatic carbocycles. The lowest BCUT2D eigenvalue weighted by Crippen LogP contribution is -2.39. The lowest BCUT2D eigenvalue weighted by atomic mass is 9.83. The van der Waals surface area contributed by atoms with Gasteiger partial charge in [0.1, 0.15) is 23.0 Å². The molecule has 214 valence electrons. The largest absolute Gasteiger partial charge is 0.497 e. The second-order valence-electron chi connectivity index (χ2n) is 10.3. The predicted molar refractivity (Wildman–Crippen MR) is 163 cm³/mol. The number of carboxylic acids is 1. The van der Waals surface area contributed by atoms with Crippen molar-refractivity contribution < 1.29 is 23.8 Å². The molecule has 43 heavy (non-hydrogen) atoms. The Balaban J connectivity index is 1.42. The van der Waals surface area contributed by atoms with Gasteiger partial charge < -0.3 is 19.0 Å². The van der Waals surface area contributed by atoms with Crippen LogP contribution in [0, 0.1) is 0 Å². The number of ether oxygens (including phenoxy) is 2. The van der Waals surface area contributed by atoms with E-state index in [1.807, 2.05) is 30.3 Å². The summed E-state index contributed by atoms with van der Waals surface area (Å²) in [6.45, 7) is 0. The van der Waals surface area contributed by atoms with Crippen LogP contribution in [0.25, 0.3) is 23.1 Å². The van der Waals surface area contributed by atoms with Gasteiger partial charge in [-0.05, 0) is 60.4 Å². The van der Waals surface area contributed by atoms with Crippen molar-refractivity contribution in [3.05, 3.63) is 132 Å². The lowest BCUT2D eigenvalue weighted by molar-refractivity contribution is 0.0697. The van der Waals surface area contributed by atoms with Gasteiger partial charge in [0.05, 0.1) is 36.1 Å². The van der Waals surface area contributed by atoms with Crippen LogP contribution in [-0.2, 0) is 6.42 Å². The molecule has 3 aromatic carbocycles. The van der Waals surface area contributed by atoms with Crippen LogP contribution in [0.15, 0.2) is 98.6 Å². The summed E-state index contributed by atoms with van der Waals surface area (Å²) in [4.78, 5) is 31.5. The van der Waals surface area contributed by atoms with E-state index in [-0.39, 0.29) is 11.1 Å². The molecule has 0 saturated carbocycles. The van der Waals surface area contributed by atoms with Crippen molar-refractivity contribution >= 4 is 29.1 Å². The fourth-order valence-corrected chi connectivity index (χ4v) is 6.92. The Kier molecular flexibility index (Phi) is 6.59. The molecule has 0 fully saturated rings. The molecular formula is C34H26N2O6S. The number of rotatable bonds is 6. The van der Waals surface area contributed by atoms with Crippen molar-refractivity contribution in [2.24, 2.45) is 4.99 Å². The van der Waals surface area contributed by atoms with E-state index >= 15 is 0 Å². The monoisotopic (exact) mass is 590 g/mol. The van der Waals surface area contributed by atoms with Crippen molar-refractivity contribution in [1.29, 1.82) is 0 Å². The third-order valence-corrected chi connectivity index (χ3v) is 8.91. The lowest BCUT2D eigenvalue weighted by Gasteiger charge is -2.31. The van der Waals surface area contributed by atoms with Crippen molar-refractivity contribution in [3.8, 4) is 22.8 Å². The topological polar surface area (TPSA) is 103 Å². The SMILES string of the molecule is COc1ccc(OC)c([C@@H]2C3=C(N=c4sc(=Cc5ccc(-c6ccccc6C(=O)O)o5)c(=O)n42)c2ccccc2CC3)c1. The van der Waals surface area contributed by atoms with Crippen LogP contribution in [0.1, 0.15) is 45.3 Å². The zero-order valence-corrected chi connectivity index (χ0v) is 24.2. The Bertz CT molecular complexity index is 2130. The second-order valence-corrected chi connectivity index (χ2v) is 11.3. The molecule has 9 heteroatoms. The molecule has 2 aromatic heterocycles. The number of benzene rings is 3. The number of nitrogens with zero attached hydrogens (tertiary/aromatic N) is 2. The molecule has 7 rings (SSSR count). The zero-order valence-electron chi connectivity index (χ0n) is 23.4. The quantitative estimate of drug-likeness (QED) is 0.288. The van der Waals surface area contributed by atoms with Crippen LogP contribution in [0.2, 0.25) is 0 Å². The van der Waals surface area contributed by atoms with Crippen molar-refractivity contribution in [1.82, 2.24) is 4.57 Å². The number of carbonyl (C=O) groups is 1. The van der Waals surface area contributed by atoms with E-state index in [0.717, 1.165) is 35.2 Å². The summed E-state index contributed by atoms with van der Waals surface area (Å²) in [5, 5.41) is 9.61. The molecule has 0 bridgehead atoms. The molecule has 0 amide bonds. The van der Waals surface area contributed by atoms with Crippen molar-refractivity contribution in [2.75, 3.05) is 14.2 Å². The maximum Gasteiger partial charge on any atom is 0.336 e. The second kappa shape index (κ2) is 10.6. The van der Waals surface area contributed by atoms with Gasteiger partial charge in [0.25, 0.3) is 5.56 Å². The van der Waals surface area contributed by atoms with E-state index < -0.39 is 12.0 Å². The maximum atomic E-state index is 14.2. The van der Waals surface area contributed by atoms with Crippen molar-refractivity contribution in [3.63, 3.8) is 0 Å². The van der Waals surface area contributed by atoms with Gasteiger partial charge in [-0.1, -0.05) is 53.8 Å². The maximum absolute atomic E-state index is 14.2. The number of thiazole rings is 1. The minimum absolute atomic E-state index is 0.140. The minimum atomic E-state index is -1.04. The van der Waals surface area contributed by atoms with Gasteiger partial charge in [0, 0.05) is 22.8 Å². The van der Waals surface area contributed by atoms with Crippen LogP contribution in [0.4, 0.5) is 0 Å². The molecule has 2 aliphatic rings. The van der Waals surface area contributed by atoms with Gasteiger partial charge in [-0.15, -0.1) is 0 Å². The van der Waals surface area contributed by atoms with E-state index in [9.17, 15) is 14.7 Å². The summed E-state index contributed by atoms with van der Waals surface area (Å²) in [7, 11) is 3.24. The van der Waals surface area contributed by atoms with Crippen LogP contribution < -0.4 is 24.4 Å². The first-order valence-electron chi connectivity index (χ1n) is 13.7. The average molecular weight is 591 g/mol. The molecule has 1 atom stereocenters. The molecule has 5 aromatic rings. The molecular weight excluding hydrogens is 564 g/mol. The molecule has 0 unspecified atom stereocenters. The van der Waals surface area contributed by atoms with E-state index in [1.54, 1.807) is 55.2 Å². The molecule has 0 radical (unpaired) electrons. The summed E-state index contributed by atoms with van der Waals surface area (Å²) in [6.07, 6.45) is 3.27. The molecule has 3 heterocycles. The first-order chi connectivity index (χ1) is 21.0. The van der Waals surface area contributed by atoms with E-state index in [4.69, 9.17) is 18.9 Å². The normalized spacial score (nSPS) is 15.8. The van der Waals surface area contributed by atoms with Gasteiger partial charge in [0.15, 0.2) is 4.80 Å². The molecule has 0 spiro atoms. The van der Waals surface area contributed by atoms with Gasteiger partial charge in [0.2, 0.25) is 0 Å². The van der Waals surface area contributed by atoms with E-state index in [2.05, 4.69) is 12.1 Å². The first kappa shape index (κ1) is 26.7. The Hall–Kier alpha value is -5.15. The Labute approximate surface area is 250 Å². The van der Waals surface area contributed by atoms with Crippen LogP contribution in [0.5, 0.6) is 11.5 Å². The third-order valence-electron chi connectivity index (χ3n) is 7.93. The summed E-state index contributed by atoms with van der Waals surface area (Å²) in [6, 6.07) is 23.6. The fraction of sp³-hybridized carbons (Fsp3) is 0.147. The highest BCUT2D eigenvalue weighted by atomic mass is 32.1. The number of methoxy groups -OCH3 is 2. The number of hydrogen-bond acceptors (Lipinski definition) is 7. The molecule has 0 saturated heterocycles.